The van der Waals surface area contributed by atoms with Crippen molar-refractivity contribution < 1.29 is 14.5 Å². The van der Waals surface area contributed by atoms with E-state index in [9.17, 15) is 14.9 Å². The molecule has 1 aromatic rings. The van der Waals surface area contributed by atoms with Crippen molar-refractivity contribution in [2.75, 3.05) is 7.11 Å². The molecular weight excluding hydrogens is 214 g/mol. The Kier molecular flexibility index (Phi) is 2.92. The van der Waals surface area contributed by atoms with Crippen molar-refractivity contribution in [2.24, 2.45) is 0 Å². The van der Waals surface area contributed by atoms with Crippen LogP contribution in [0.3, 0.4) is 0 Å². The van der Waals surface area contributed by atoms with Gasteiger partial charge in [0.1, 0.15) is 0 Å². The molecule has 1 aromatic heterocycles. The van der Waals surface area contributed by atoms with Gasteiger partial charge in [-0.15, -0.1) is 0 Å². The summed E-state index contributed by atoms with van der Waals surface area (Å²) in [5.74, 6) is -1.63. The van der Waals surface area contributed by atoms with Crippen molar-refractivity contribution in [1.82, 2.24) is 9.97 Å². The van der Waals surface area contributed by atoms with E-state index in [0.29, 0.717) is 0 Å². The highest BCUT2D eigenvalue weighted by Crippen LogP contribution is 2.15. The zero-order chi connectivity index (χ0) is 10.7. The van der Waals surface area contributed by atoms with Gasteiger partial charge in [0.15, 0.2) is 11.3 Å². The molecule has 0 bridgehead atoms. The van der Waals surface area contributed by atoms with Crippen molar-refractivity contribution in [2.45, 2.75) is 0 Å². The Morgan fingerprint density at radius 3 is 2.86 bits per heavy atom. The average molecular weight is 218 g/mol. The molecule has 74 valence electrons. The normalized spacial score (nSPS) is 9.57. The van der Waals surface area contributed by atoms with Gasteiger partial charge in [0, 0.05) is 0 Å². The van der Waals surface area contributed by atoms with Gasteiger partial charge in [-0.1, -0.05) is 11.6 Å². The topological polar surface area (TPSA) is 95.2 Å². The molecule has 0 aliphatic carbocycles. The number of halogens is 1. The first kappa shape index (κ1) is 10.3. The molecular formula is C6H4ClN3O4. The first-order valence-corrected chi connectivity index (χ1v) is 3.69. The molecule has 7 nitrogen and oxygen atoms in total. The van der Waals surface area contributed by atoms with E-state index in [4.69, 9.17) is 11.6 Å². The molecule has 1 heterocycles. The summed E-state index contributed by atoms with van der Waals surface area (Å²) in [5.41, 5.74) is -0.509. The predicted molar refractivity (Wildman–Crippen MR) is 45.0 cm³/mol. The van der Waals surface area contributed by atoms with Gasteiger partial charge in [0.05, 0.1) is 7.11 Å². The number of rotatable bonds is 2. The summed E-state index contributed by atoms with van der Waals surface area (Å²) in [6, 6.07) is 0. The van der Waals surface area contributed by atoms with Crippen molar-refractivity contribution >= 4 is 23.4 Å². The number of methoxy groups -OCH3 is 1. The van der Waals surface area contributed by atoms with E-state index in [2.05, 4.69) is 14.7 Å². The first-order chi connectivity index (χ1) is 6.56. The Morgan fingerprint density at radius 1 is 1.71 bits per heavy atom. The highest BCUT2D eigenvalue weighted by atomic mass is 35.5. The standard InChI is InChI=1S/C6H4ClN3O4/c1-14-6(11)4-5(10(12)13)8-2-3(7)9-4/h2H,1H3. The summed E-state index contributed by atoms with van der Waals surface area (Å²) in [7, 11) is 1.08. The maximum atomic E-state index is 11.0. The number of carbonyl (C=O) groups is 1. The van der Waals surface area contributed by atoms with E-state index >= 15 is 0 Å². The van der Waals surface area contributed by atoms with Gasteiger partial charge in [-0.05, 0) is 9.91 Å². The summed E-state index contributed by atoms with van der Waals surface area (Å²) in [4.78, 5) is 27.4. The minimum atomic E-state index is -0.952. The smallest absolute Gasteiger partial charge is 0.397 e. The second-order valence-corrected chi connectivity index (χ2v) is 2.50. The summed E-state index contributed by atoms with van der Waals surface area (Å²) in [6.07, 6.45) is 0.978. The van der Waals surface area contributed by atoms with E-state index < -0.39 is 22.4 Å². The van der Waals surface area contributed by atoms with E-state index in [0.717, 1.165) is 13.3 Å². The van der Waals surface area contributed by atoms with Crippen LogP contribution in [0.1, 0.15) is 10.5 Å². The van der Waals surface area contributed by atoms with Crippen LogP contribution in [0.25, 0.3) is 0 Å². The van der Waals surface area contributed by atoms with Crippen molar-refractivity contribution in [3.05, 3.63) is 27.2 Å². The fourth-order valence-corrected chi connectivity index (χ4v) is 0.862. The Balaban J connectivity index is 3.29. The van der Waals surface area contributed by atoms with Gasteiger partial charge in [-0.3, -0.25) is 0 Å². The highest BCUT2D eigenvalue weighted by molar-refractivity contribution is 6.29. The lowest BCUT2D eigenvalue weighted by molar-refractivity contribution is -0.390. The molecule has 14 heavy (non-hydrogen) atoms. The van der Waals surface area contributed by atoms with Crippen LogP contribution in [0.5, 0.6) is 0 Å². The molecule has 1 rings (SSSR count). The van der Waals surface area contributed by atoms with Crippen LogP contribution >= 0.6 is 11.6 Å². The molecule has 0 aliphatic rings. The lowest BCUT2D eigenvalue weighted by Gasteiger charge is -1.98. The predicted octanol–water partition coefficient (Wildman–Crippen LogP) is 0.825. The molecule has 8 heteroatoms. The maximum absolute atomic E-state index is 11.0. The Morgan fingerprint density at radius 2 is 2.36 bits per heavy atom. The highest BCUT2D eigenvalue weighted by Gasteiger charge is 2.24. The molecule has 0 saturated heterocycles. The molecule has 0 aromatic carbocycles. The summed E-state index contributed by atoms with van der Waals surface area (Å²) in [6.45, 7) is 0. The van der Waals surface area contributed by atoms with E-state index in [1.54, 1.807) is 0 Å². The first-order valence-electron chi connectivity index (χ1n) is 3.31. The largest absolute Gasteiger partial charge is 0.464 e. The third-order valence-corrected chi connectivity index (χ3v) is 1.46. The third kappa shape index (κ3) is 1.94. The Labute approximate surface area is 82.8 Å². The van der Waals surface area contributed by atoms with Gasteiger partial charge in [0.25, 0.3) is 0 Å². The maximum Gasteiger partial charge on any atom is 0.397 e. The molecule has 0 unspecified atom stereocenters. The number of esters is 1. The van der Waals surface area contributed by atoms with Gasteiger partial charge in [0.2, 0.25) is 5.69 Å². The Hall–Kier alpha value is -1.76. The van der Waals surface area contributed by atoms with Crippen LogP contribution in [0, 0.1) is 10.1 Å². The molecule has 0 saturated carbocycles. The minimum Gasteiger partial charge on any atom is -0.464 e. The van der Waals surface area contributed by atoms with E-state index in [-0.39, 0.29) is 5.15 Å². The van der Waals surface area contributed by atoms with Gasteiger partial charge >= 0.3 is 11.8 Å². The van der Waals surface area contributed by atoms with E-state index in [1.165, 1.54) is 0 Å². The molecule has 0 spiro atoms. The zero-order valence-electron chi connectivity index (χ0n) is 6.93. The second-order valence-electron chi connectivity index (χ2n) is 2.11. The monoisotopic (exact) mass is 217 g/mol. The van der Waals surface area contributed by atoms with Crippen LogP contribution in [0.2, 0.25) is 5.15 Å². The summed E-state index contributed by atoms with van der Waals surface area (Å²) >= 11 is 5.42. The van der Waals surface area contributed by atoms with Crippen molar-refractivity contribution in [3.8, 4) is 0 Å². The number of aromatic nitrogens is 2. The van der Waals surface area contributed by atoms with Crippen molar-refractivity contribution in [1.29, 1.82) is 0 Å². The van der Waals surface area contributed by atoms with Crippen molar-refractivity contribution in [3.63, 3.8) is 0 Å². The Bertz CT molecular complexity index is 395. The fourth-order valence-electron chi connectivity index (χ4n) is 0.728. The molecule has 0 N–H and O–H groups in total. The molecule has 0 atom stereocenters. The van der Waals surface area contributed by atoms with Crippen LogP contribution in [-0.2, 0) is 4.74 Å². The van der Waals surface area contributed by atoms with Crippen LogP contribution in [0.15, 0.2) is 6.20 Å². The summed E-state index contributed by atoms with van der Waals surface area (Å²) in [5, 5.41) is 10.3. The minimum absolute atomic E-state index is 0.115. The molecule has 0 amide bonds. The van der Waals surface area contributed by atoms with Crippen LogP contribution in [-0.4, -0.2) is 28.0 Å². The summed E-state index contributed by atoms with van der Waals surface area (Å²) < 4.78 is 4.28. The number of nitro groups is 1. The number of nitrogens with zero attached hydrogens (tertiary/aromatic N) is 3. The lowest BCUT2D eigenvalue weighted by atomic mass is 10.4. The number of ether oxygens (including phenoxy) is 1. The average Bonchev–Trinajstić information content (AvgIpc) is 2.16. The quantitative estimate of drug-likeness (QED) is 0.414. The fraction of sp³-hybridized carbons (Fsp3) is 0.167. The van der Waals surface area contributed by atoms with E-state index in [1.807, 2.05) is 0 Å². The number of hydrogen-bond acceptors (Lipinski definition) is 6. The molecule has 0 fully saturated rings. The lowest BCUT2D eigenvalue weighted by Crippen LogP contribution is -2.09. The third-order valence-electron chi connectivity index (χ3n) is 1.28. The van der Waals surface area contributed by atoms with Crippen LogP contribution < -0.4 is 0 Å². The molecule has 0 radical (unpaired) electrons. The molecule has 0 aliphatic heterocycles. The van der Waals surface area contributed by atoms with Gasteiger partial charge < -0.3 is 14.9 Å². The second kappa shape index (κ2) is 3.97. The zero-order valence-corrected chi connectivity index (χ0v) is 7.69. The number of carbonyl (C=O) groups excluding carboxylic acids is 1. The van der Waals surface area contributed by atoms with Gasteiger partial charge in [-0.2, -0.15) is 0 Å². The van der Waals surface area contributed by atoms with Crippen LogP contribution in [0.4, 0.5) is 5.82 Å². The SMILES string of the molecule is COC(=O)c1nc(Cl)cnc1[N+](=O)[O-]. The van der Waals surface area contributed by atoms with Gasteiger partial charge in [-0.25, -0.2) is 9.78 Å². The number of hydrogen-bond donors (Lipinski definition) is 0.